The van der Waals surface area contributed by atoms with Crippen molar-refractivity contribution < 1.29 is 0 Å². The van der Waals surface area contributed by atoms with Crippen LogP contribution < -0.4 is 5.32 Å². The molecule has 2 nitrogen and oxygen atoms in total. The van der Waals surface area contributed by atoms with Crippen LogP contribution in [0.1, 0.15) is 20.8 Å². The van der Waals surface area contributed by atoms with Gasteiger partial charge in [-0.2, -0.15) is 0 Å². The Morgan fingerprint density at radius 2 is 1.94 bits per heavy atom. The smallest absolute Gasteiger partial charge is 0.183 e. The number of thiazole rings is 1. The third-order valence-electron chi connectivity index (χ3n) is 2.19. The molecule has 1 heterocycles. The highest BCUT2D eigenvalue weighted by atomic mass is 35.5. The number of hydrogen-bond acceptors (Lipinski definition) is 3. The first kappa shape index (κ1) is 13.7. The average Bonchev–Trinajstić information content (AvgIpc) is 2.67. The maximum Gasteiger partial charge on any atom is 0.183 e. The van der Waals surface area contributed by atoms with E-state index in [0.717, 1.165) is 16.4 Å². The number of rotatable bonds is 2. The van der Waals surface area contributed by atoms with Gasteiger partial charge in [0.25, 0.3) is 0 Å². The Hall–Kier alpha value is -0.770. The van der Waals surface area contributed by atoms with Crippen LogP contribution in [0.2, 0.25) is 10.0 Å². The molecule has 5 heteroatoms. The first-order valence-corrected chi connectivity index (χ1v) is 7.18. The van der Waals surface area contributed by atoms with Crippen molar-refractivity contribution in [3.8, 4) is 11.3 Å². The molecule has 96 valence electrons. The van der Waals surface area contributed by atoms with Crippen LogP contribution in [0, 0.1) is 0 Å². The van der Waals surface area contributed by atoms with E-state index in [1.807, 2.05) is 11.4 Å². The van der Waals surface area contributed by atoms with Crippen molar-refractivity contribution in [1.29, 1.82) is 0 Å². The van der Waals surface area contributed by atoms with Gasteiger partial charge in [-0.3, -0.25) is 0 Å². The quantitative estimate of drug-likeness (QED) is 0.811. The van der Waals surface area contributed by atoms with Crippen LogP contribution >= 0.6 is 34.5 Å². The number of nitrogens with one attached hydrogen (secondary N) is 1. The minimum Gasteiger partial charge on any atom is -0.357 e. The van der Waals surface area contributed by atoms with Crippen molar-refractivity contribution in [3.05, 3.63) is 33.6 Å². The predicted octanol–water partition coefficient (Wildman–Crippen LogP) is 5.33. The van der Waals surface area contributed by atoms with E-state index in [0.29, 0.717) is 10.0 Å². The summed E-state index contributed by atoms with van der Waals surface area (Å²) in [6, 6.07) is 5.39. The molecule has 1 aromatic carbocycles. The number of aromatic nitrogens is 1. The summed E-state index contributed by atoms with van der Waals surface area (Å²) in [5.74, 6) is 0. The van der Waals surface area contributed by atoms with Crippen LogP contribution in [0.15, 0.2) is 23.6 Å². The number of benzene rings is 1. The fourth-order valence-corrected chi connectivity index (χ4v) is 2.78. The van der Waals surface area contributed by atoms with Gasteiger partial charge in [0.1, 0.15) is 0 Å². The van der Waals surface area contributed by atoms with E-state index >= 15 is 0 Å². The maximum absolute atomic E-state index is 6.16. The number of anilines is 1. The molecule has 0 spiro atoms. The van der Waals surface area contributed by atoms with Crippen LogP contribution in [0.3, 0.4) is 0 Å². The van der Waals surface area contributed by atoms with Crippen LogP contribution in [0.5, 0.6) is 0 Å². The summed E-state index contributed by atoms with van der Waals surface area (Å²) in [7, 11) is 0. The van der Waals surface area contributed by atoms with E-state index in [1.165, 1.54) is 0 Å². The average molecular weight is 301 g/mol. The second-order valence-corrected chi connectivity index (χ2v) is 6.74. The van der Waals surface area contributed by atoms with Gasteiger partial charge >= 0.3 is 0 Å². The summed E-state index contributed by atoms with van der Waals surface area (Å²) in [5, 5.41) is 7.52. The summed E-state index contributed by atoms with van der Waals surface area (Å²) >= 11 is 13.7. The second kappa shape index (κ2) is 5.08. The predicted molar refractivity (Wildman–Crippen MR) is 80.9 cm³/mol. The third kappa shape index (κ3) is 3.37. The topological polar surface area (TPSA) is 24.9 Å². The molecular formula is C13H14Cl2N2S. The van der Waals surface area contributed by atoms with Crippen LogP contribution in [0.4, 0.5) is 5.13 Å². The summed E-state index contributed by atoms with van der Waals surface area (Å²) in [6.07, 6.45) is 0. The Balaban J connectivity index is 2.32. The minimum absolute atomic E-state index is 0.00670. The molecule has 0 fully saturated rings. The van der Waals surface area contributed by atoms with Crippen LogP contribution in [-0.4, -0.2) is 10.5 Å². The van der Waals surface area contributed by atoms with Crippen molar-refractivity contribution in [2.75, 3.05) is 5.32 Å². The molecule has 18 heavy (non-hydrogen) atoms. The van der Waals surface area contributed by atoms with E-state index in [2.05, 4.69) is 31.1 Å². The van der Waals surface area contributed by atoms with Crippen molar-refractivity contribution in [1.82, 2.24) is 4.98 Å². The van der Waals surface area contributed by atoms with Gasteiger partial charge in [-0.15, -0.1) is 11.3 Å². The van der Waals surface area contributed by atoms with Gasteiger partial charge in [-0.1, -0.05) is 23.2 Å². The number of nitrogens with zero attached hydrogens (tertiary/aromatic N) is 1. The molecule has 0 amide bonds. The van der Waals surface area contributed by atoms with Crippen molar-refractivity contribution in [2.24, 2.45) is 0 Å². The molecule has 0 saturated carbocycles. The van der Waals surface area contributed by atoms with Gasteiger partial charge in [0.15, 0.2) is 5.13 Å². The molecule has 1 N–H and O–H groups in total. The fourth-order valence-electron chi connectivity index (χ4n) is 1.47. The highest BCUT2D eigenvalue weighted by molar-refractivity contribution is 7.14. The summed E-state index contributed by atoms with van der Waals surface area (Å²) in [4.78, 5) is 4.53. The minimum atomic E-state index is -0.00670. The molecule has 0 atom stereocenters. The lowest BCUT2D eigenvalue weighted by Gasteiger charge is -2.19. The third-order valence-corrected chi connectivity index (χ3v) is 3.51. The lowest BCUT2D eigenvalue weighted by molar-refractivity contribution is 0.633. The molecule has 2 aromatic rings. The van der Waals surface area contributed by atoms with Gasteiger partial charge < -0.3 is 5.32 Å². The lowest BCUT2D eigenvalue weighted by Crippen LogP contribution is -2.25. The lowest BCUT2D eigenvalue weighted by atomic mass is 10.1. The zero-order valence-electron chi connectivity index (χ0n) is 10.4. The van der Waals surface area contributed by atoms with Gasteiger partial charge in [0, 0.05) is 21.5 Å². The van der Waals surface area contributed by atoms with E-state index < -0.39 is 0 Å². The van der Waals surface area contributed by atoms with Gasteiger partial charge in [0.2, 0.25) is 0 Å². The molecule has 0 radical (unpaired) electrons. The number of halogens is 2. The zero-order chi connectivity index (χ0) is 13.3. The summed E-state index contributed by atoms with van der Waals surface area (Å²) in [5.41, 5.74) is 1.70. The first-order valence-electron chi connectivity index (χ1n) is 5.54. The highest BCUT2D eigenvalue weighted by Crippen LogP contribution is 2.33. The standard InChI is InChI=1S/C13H14Cl2N2S/c1-13(2,3)17-12-16-11(7-18-12)9-6-8(14)4-5-10(9)15/h4-7H,1-3H3,(H,16,17). The van der Waals surface area contributed by atoms with Crippen LogP contribution in [0.25, 0.3) is 11.3 Å². The monoisotopic (exact) mass is 300 g/mol. The van der Waals surface area contributed by atoms with E-state index in [4.69, 9.17) is 23.2 Å². The Labute approximate surface area is 121 Å². The molecule has 0 aliphatic carbocycles. The Bertz CT molecular complexity index is 558. The highest BCUT2D eigenvalue weighted by Gasteiger charge is 2.14. The van der Waals surface area contributed by atoms with Crippen molar-refractivity contribution in [3.63, 3.8) is 0 Å². The normalized spacial score (nSPS) is 11.6. The van der Waals surface area contributed by atoms with E-state index in [-0.39, 0.29) is 5.54 Å². The molecule has 0 aliphatic rings. The van der Waals surface area contributed by atoms with Crippen LogP contribution in [-0.2, 0) is 0 Å². The first-order chi connectivity index (χ1) is 8.35. The molecular weight excluding hydrogens is 287 g/mol. The Kier molecular flexibility index (Phi) is 3.85. The van der Waals surface area contributed by atoms with E-state index in [1.54, 1.807) is 23.5 Å². The second-order valence-electron chi connectivity index (χ2n) is 5.04. The molecule has 0 bridgehead atoms. The zero-order valence-corrected chi connectivity index (χ0v) is 12.7. The molecule has 0 unspecified atom stereocenters. The fraction of sp³-hybridized carbons (Fsp3) is 0.308. The number of hydrogen-bond donors (Lipinski definition) is 1. The summed E-state index contributed by atoms with van der Waals surface area (Å²) < 4.78 is 0. The SMILES string of the molecule is CC(C)(C)Nc1nc(-c2cc(Cl)ccc2Cl)cs1. The Morgan fingerprint density at radius 1 is 1.22 bits per heavy atom. The summed E-state index contributed by atoms with van der Waals surface area (Å²) in [6.45, 7) is 6.29. The van der Waals surface area contributed by atoms with E-state index in [9.17, 15) is 0 Å². The maximum atomic E-state index is 6.16. The largest absolute Gasteiger partial charge is 0.357 e. The van der Waals surface area contributed by atoms with Gasteiger partial charge in [-0.05, 0) is 39.0 Å². The van der Waals surface area contributed by atoms with Crippen molar-refractivity contribution in [2.45, 2.75) is 26.3 Å². The van der Waals surface area contributed by atoms with Gasteiger partial charge in [-0.25, -0.2) is 4.98 Å². The molecule has 0 aliphatic heterocycles. The molecule has 2 rings (SSSR count). The molecule has 1 aromatic heterocycles. The molecule has 0 saturated heterocycles. The Morgan fingerprint density at radius 3 is 2.61 bits per heavy atom. The van der Waals surface area contributed by atoms with Crippen molar-refractivity contribution >= 4 is 39.7 Å². The van der Waals surface area contributed by atoms with Gasteiger partial charge in [0.05, 0.1) is 10.7 Å².